The molecule has 24 heavy (non-hydrogen) atoms. The van der Waals surface area contributed by atoms with Gasteiger partial charge in [-0.25, -0.2) is 14.6 Å². The van der Waals surface area contributed by atoms with Gasteiger partial charge in [0.05, 0.1) is 23.1 Å². The summed E-state index contributed by atoms with van der Waals surface area (Å²) in [6.07, 6.45) is 3.11. The Kier molecular flexibility index (Phi) is 3.02. The Balaban J connectivity index is 1.66. The molecule has 0 spiro atoms. The molecule has 120 valence electrons. The number of nitrogens with one attached hydrogen (secondary N) is 1. The number of carbonyl (C=O) groups excluding carboxylic acids is 1. The van der Waals surface area contributed by atoms with Crippen LogP contribution in [0.5, 0.6) is 0 Å². The third-order valence-corrected chi connectivity index (χ3v) is 3.82. The molecule has 0 unspecified atom stereocenters. The molecule has 0 bridgehead atoms. The van der Waals surface area contributed by atoms with Crippen LogP contribution in [-0.4, -0.2) is 40.6 Å². The molecule has 0 saturated carbocycles. The lowest BCUT2D eigenvalue weighted by Crippen LogP contribution is -2.12. The first-order valence-electron chi connectivity index (χ1n) is 7.29. The lowest BCUT2D eigenvalue weighted by Gasteiger charge is -2.05. The fraction of sp³-hybridized carbons (Fsp3) is 0.200. The minimum atomic E-state index is -0.280. The third kappa shape index (κ3) is 2.18. The summed E-state index contributed by atoms with van der Waals surface area (Å²) in [6.45, 7) is 1.90. The molecule has 9 heteroatoms. The molecule has 4 aromatic heterocycles. The highest BCUT2D eigenvalue weighted by Gasteiger charge is 2.12. The quantitative estimate of drug-likeness (QED) is 0.595. The number of anilines is 1. The molecule has 0 aliphatic rings. The molecule has 0 fully saturated rings. The first-order chi connectivity index (χ1) is 11.5. The van der Waals surface area contributed by atoms with E-state index >= 15 is 0 Å². The summed E-state index contributed by atoms with van der Waals surface area (Å²) in [5.74, 6) is -0.280. The number of rotatable bonds is 2. The normalized spacial score (nSPS) is 11.3. The molecule has 0 saturated heterocycles. The van der Waals surface area contributed by atoms with Crippen LogP contribution in [0.3, 0.4) is 0 Å². The van der Waals surface area contributed by atoms with E-state index < -0.39 is 0 Å². The predicted molar refractivity (Wildman–Crippen MR) is 87.5 cm³/mol. The minimum Gasteiger partial charge on any atom is -0.321 e. The van der Waals surface area contributed by atoms with Gasteiger partial charge >= 0.3 is 0 Å². The maximum atomic E-state index is 12.4. The average molecular weight is 322 g/mol. The molecular weight excluding hydrogens is 308 g/mol. The van der Waals surface area contributed by atoms with E-state index in [4.69, 9.17) is 0 Å². The van der Waals surface area contributed by atoms with Gasteiger partial charge in [-0.15, -0.1) is 5.10 Å². The standard InChI is InChI=1S/C15H14N8O/c1-8-11-5-10(7-17-13(11)22(2)20-8)18-15(24)9-4-12-14(16-6-9)23(3)21-19-12/h4-7H,1-3H3,(H,18,24). The van der Waals surface area contributed by atoms with Crippen molar-refractivity contribution in [2.45, 2.75) is 6.92 Å². The van der Waals surface area contributed by atoms with Gasteiger partial charge in [0.1, 0.15) is 5.52 Å². The number of hydrogen-bond donors (Lipinski definition) is 1. The van der Waals surface area contributed by atoms with Gasteiger partial charge in [-0.3, -0.25) is 9.48 Å². The van der Waals surface area contributed by atoms with Gasteiger partial charge in [0.15, 0.2) is 11.3 Å². The molecule has 4 aromatic rings. The van der Waals surface area contributed by atoms with Crippen LogP contribution in [0.1, 0.15) is 16.1 Å². The molecule has 0 aromatic carbocycles. The Bertz CT molecular complexity index is 1090. The molecule has 1 N–H and O–H groups in total. The molecule has 0 aliphatic heterocycles. The van der Waals surface area contributed by atoms with Crippen LogP contribution < -0.4 is 5.32 Å². The maximum absolute atomic E-state index is 12.4. The minimum absolute atomic E-state index is 0.280. The van der Waals surface area contributed by atoms with Crippen molar-refractivity contribution < 1.29 is 4.79 Å². The van der Waals surface area contributed by atoms with Crippen LogP contribution in [0.15, 0.2) is 24.5 Å². The van der Waals surface area contributed by atoms with Crippen molar-refractivity contribution in [3.05, 3.63) is 35.8 Å². The van der Waals surface area contributed by atoms with Gasteiger partial charge in [0.25, 0.3) is 5.91 Å². The number of amides is 1. The lowest BCUT2D eigenvalue weighted by atomic mass is 10.2. The molecule has 9 nitrogen and oxygen atoms in total. The second-order valence-corrected chi connectivity index (χ2v) is 5.54. The Morgan fingerprint density at radius 3 is 2.71 bits per heavy atom. The molecule has 1 amide bonds. The second-order valence-electron chi connectivity index (χ2n) is 5.54. The van der Waals surface area contributed by atoms with Gasteiger partial charge in [0.2, 0.25) is 0 Å². The van der Waals surface area contributed by atoms with E-state index in [2.05, 4.69) is 30.7 Å². The monoisotopic (exact) mass is 322 g/mol. The zero-order valence-electron chi connectivity index (χ0n) is 13.3. The average Bonchev–Trinajstić information content (AvgIpc) is 3.08. The van der Waals surface area contributed by atoms with Crippen molar-refractivity contribution in [1.82, 2.24) is 34.7 Å². The van der Waals surface area contributed by atoms with Gasteiger partial charge < -0.3 is 5.32 Å². The Labute approximate surface area is 136 Å². The highest BCUT2D eigenvalue weighted by Crippen LogP contribution is 2.20. The Hall–Kier alpha value is -3.36. The van der Waals surface area contributed by atoms with Crippen LogP contribution in [0.25, 0.3) is 22.2 Å². The van der Waals surface area contributed by atoms with E-state index in [-0.39, 0.29) is 5.91 Å². The fourth-order valence-electron chi connectivity index (χ4n) is 2.63. The number of aromatic nitrogens is 7. The molecule has 0 radical (unpaired) electrons. The van der Waals surface area contributed by atoms with Crippen molar-refractivity contribution in [3.8, 4) is 0 Å². The topological polar surface area (TPSA) is 103 Å². The maximum Gasteiger partial charge on any atom is 0.257 e. The highest BCUT2D eigenvalue weighted by atomic mass is 16.1. The van der Waals surface area contributed by atoms with Gasteiger partial charge in [-0.05, 0) is 19.1 Å². The van der Waals surface area contributed by atoms with Crippen LogP contribution in [0.4, 0.5) is 5.69 Å². The number of hydrogen-bond acceptors (Lipinski definition) is 6. The van der Waals surface area contributed by atoms with E-state index in [0.29, 0.717) is 22.4 Å². The highest BCUT2D eigenvalue weighted by molar-refractivity contribution is 6.05. The molecular formula is C15H14N8O. The van der Waals surface area contributed by atoms with Gasteiger partial charge in [-0.1, -0.05) is 5.21 Å². The van der Waals surface area contributed by atoms with E-state index in [0.717, 1.165) is 16.7 Å². The number of fused-ring (bicyclic) bond motifs is 2. The van der Waals surface area contributed by atoms with E-state index in [1.165, 1.54) is 6.20 Å². The number of nitrogens with zero attached hydrogens (tertiary/aromatic N) is 7. The first kappa shape index (κ1) is 14.2. The first-order valence-corrected chi connectivity index (χ1v) is 7.29. The summed E-state index contributed by atoms with van der Waals surface area (Å²) in [5.41, 5.74) is 3.84. The zero-order valence-corrected chi connectivity index (χ0v) is 13.3. The zero-order chi connectivity index (χ0) is 16.8. The summed E-state index contributed by atoms with van der Waals surface area (Å²) in [4.78, 5) is 21.0. The van der Waals surface area contributed by atoms with Crippen molar-refractivity contribution in [2.75, 3.05) is 5.32 Å². The van der Waals surface area contributed by atoms with Gasteiger partial charge in [-0.2, -0.15) is 5.10 Å². The van der Waals surface area contributed by atoms with Gasteiger partial charge in [0, 0.05) is 25.7 Å². The number of carbonyl (C=O) groups is 1. The van der Waals surface area contributed by atoms with Crippen LogP contribution >= 0.6 is 0 Å². The molecule has 4 heterocycles. The number of pyridine rings is 2. The molecule has 0 atom stereocenters. The summed E-state index contributed by atoms with van der Waals surface area (Å²) in [5, 5.41) is 15.9. The summed E-state index contributed by atoms with van der Waals surface area (Å²) in [7, 11) is 3.58. The summed E-state index contributed by atoms with van der Waals surface area (Å²) in [6, 6.07) is 3.52. The third-order valence-electron chi connectivity index (χ3n) is 3.82. The fourth-order valence-corrected chi connectivity index (χ4v) is 2.63. The lowest BCUT2D eigenvalue weighted by molar-refractivity contribution is 0.102. The SMILES string of the molecule is Cc1nn(C)c2ncc(NC(=O)c3cnc4c(c3)nnn4C)cc12. The van der Waals surface area contributed by atoms with Crippen molar-refractivity contribution in [1.29, 1.82) is 0 Å². The second kappa shape index (κ2) is 5.08. The van der Waals surface area contributed by atoms with E-state index in [1.807, 2.05) is 20.0 Å². The Morgan fingerprint density at radius 2 is 1.88 bits per heavy atom. The molecule has 0 aliphatic carbocycles. The Morgan fingerprint density at radius 1 is 1.08 bits per heavy atom. The summed E-state index contributed by atoms with van der Waals surface area (Å²) >= 11 is 0. The van der Waals surface area contributed by atoms with E-state index in [1.54, 1.807) is 28.7 Å². The largest absolute Gasteiger partial charge is 0.321 e. The summed E-state index contributed by atoms with van der Waals surface area (Å²) < 4.78 is 3.27. The predicted octanol–water partition coefficient (Wildman–Crippen LogP) is 1.21. The van der Waals surface area contributed by atoms with Crippen LogP contribution in [0, 0.1) is 6.92 Å². The van der Waals surface area contributed by atoms with Crippen LogP contribution in [-0.2, 0) is 14.1 Å². The van der Waals surface area contributed by atoms with Crippen molar-refractivity contribution in [3.63, 3.8) is 0 Å². The van der Waals surface area contributed by atoms with Crippen molar-refractivity contribution in [2.24, 2.45) is 14.1 Å². The number of aryl methyl sites for hydroxylation is 3. The smallest absolute Gasteiger partial charge is 0.257 e. The van der Waals surface area contributed by atoms with Crippen LogP contribution in [0.2, 0.25) is 0 Å². The molecule has 4 rings (SSSR count). The van der Waals surface area contributed by atoms with Crippen molar-refractivity contribution >= 4 is 33.8 Å². The van der Waals surface area contributed by atoms with E-state index in [9.17, 15) is 4.79 Å².